The Morgan fingerprint density at radius 2 is 1.97 bits per heavy atom. The average Bonchev–Trinajstić information content (AvgIpc) is 3.32. The van der Waals surface area contributed by atoms with Crippen LogP contribution in [0.15, 0.2) is 18.2 Å². The van der Waals surface area contributed by atoms with Gasteiger partial charge in [0.05, 0.1) is 24.2 Å². The number of nitriles is 1. The third-order valence-electron chi connectivity index (χ3n) is 6.09. The van der Waals surface area contributed by atoms with E-state index in [0.29, 0.717) is 25.9 Å². The lowest BCUT2D eigenvalue weighted by atomic mass is 10.1. The van der Waals surface area contributed by atoms with E-state index in [9.17, 15) is 23.6 Å². The number of hydrogen-bond acceptors (Lipinski definition) is 5. The maximum Gasteiger partial charge on any atom is 0.244 e. The first-order chi connectivity index (χ1) is 13.8. The van der Waals surface area contributed by atoms with E-state index in [-0.39, 0.29) is 36.0 Å². The number of carbonyl (C=O) groups excluding carboxylic acids is 2. The van der Waals surface area contributed by atoms with Crippen LogP contribution in [0.2, 0.25) is 0 Å². The van der Waals surface area contributed by atoms with Crippen molar-refractivity contribution in [3.8, 4) is 6.07 Å². The van der Waals surface area contributed by atoms with E-state index < -0.39 is 29.8 Å². The average molecular weight is 403 g/mol. The highest BCUT2D eigenvalue weighted by atomic mass is 19.1. The molecule has 0 aromatic heterocycles. The van der Waals surface area contributed by atoms with E-state index in [4.69, 9.17) is 5.73 Å². The number of nitrogens with two attached hydrogens (primary N) is 1. The SMILES string of the molecule is CC1CC(C#N)N(C(=O)C(N)CN2C[C@@H]3CC2C(=O)N3c2cc(F)cc(F)c2)C1. The van der Waals surface area contributed by atoms with Gasteiger partial charge in [-0.1, -0.05) is 6.92 Å². The molecule has 3 saturated heterocycles. The number of likely N-dealkylation sites (tertiary alicyclic amines) is 2. The topological polar surface area (TPSA) is 93.7 Å². The van der Waals surface area contributed by atoms with Crippen LogP contribution >= 0.6 is 0 Å². The fourth-order valence-electron chi connectivity index (χ4n) is 4.84. The Hall–Kier alpha value is -2.57. The number of amides is 2. The maximum absolute atomic E-state index is 13.6. The van der Waals surface area contributed by atoms with Crippen LogP contribution in [-0.2, 0) is 9.59 Å². The lowest BCUT2D eigenvalue weighted by molar-refractivity contribution is -0.134. The minimum Gasteiger partial charge on any atom is -0.325 e. The summed E-state index contributed by atoms with van der Waals surface area (Å²) in [6, 6.07) is 3.26. The third-order valence-corrected chi connectivity index (χ3v) is 6.09. The van der Waals surface area contributed by atoms with Crippen molar-refractivity contribution in [2.75, 3.05) is 24.5 Å². The summed E-state index contributed by atoms with van der Waals surface area (Å²) in [5.41, 5.74) is 6.35. The van der Waals surface area contributed by atoms with Gasteiger partial charge in [0.2, 0.25) is 11.8 Å². The van der Waals surface area contributed by atoms with Gasteiger partial charge in [-0.2, -0.15) is 5.26 Å². The van der Waals surface area contributed by atoms with Crippen LogP contribution in [0, 0.1) is 28.9 Å². The van der Waals surface area contributed by atoms with Gasteiger partial charge >= 0.3 is 0 Å². The van der Waals surface area contributed by atoms with Gasteiger partial charge in [0, 0.05) is 31.4 Å². The molecule has 0 aliphatic carbocycles. The Balaban J connectivity index is 1.42. The van der Waals surface area contributed by atoms with Crippen molar-refractivity contribution in [1.82, 2.24) is 9.80 Å². The lowest BCUT2D eigenvalue weighted by Gasteiger charge is -2.35. The second-order valence-electron chi connectivity index (χ2n) is 8.28. The normalized spacial score (nSPS) is 30.1. The molecule has 2 N–H and O–H groups in total. The van der Waals surface area contributed by atoms with E-state index >= 15 is 0 Å². The van der Waals surface area contributed by atoms with Crippen molar-refractivity contribution in [3.63, 3.8) is 0 Å². The predicted octanol–water partition coefficient (Wildman–Crippen LogP) is 0.842. The molecular formula is C20H23F2N5O2. The third kappa shape index (κ3) is 3.47. The zero-order valence-corrected chi connectivity index (χ0v) is 16.1. The molecule has 3 fully saturated rings. The standard InChI is InChI=1S/C20H23F2N5O2/c1-11-2-15(7-23)26(8-11)19(28)17(24)10-25-9-16-6-18(25)20(29)27(16)14-4-12(21)3-13(22)5-14/h3-5,11,15-18H,2,6,8-10,24H2,1H3/t11?,15?,16-,17?,18?/m0/s1. The Morgan fingerprint density at radius 3 is 2.59 bits per heavy atom. The van der Waals surface area contributed by atoms with Gasteiger partial charge in [-0.3, -0.25) is 14.5 Å². The number of halogens is 2. The van der Waals surface area contributed by atoms with Crippen molar-refractivity contribution in [3.05, 3.63) is 29.8 Å². The zero-order chi connectivity index (χ0) is 20.9. The molecule has 7 nitrogen and oxygen atoms in total. The van der Waals surface area contributed by atoms with Crippen molar-refractivity contribution in [1.29, 1.82) is 5.26 Å². The summed E-state index contributed by atoms with van der Waals surface area (Å²) in [6.07, 6.45) is 1.17. The minimum absolute atomic E-state index is 0.208. The Morgan fingerprint density at radius 1 is 1.28 bits per heavy atom. The van der Waals surface area contributed by atoms with Gasteiger partial charge in [0.15, 0.2) is 0 Å². The maximum atomic E-state index is 13.6. The van der Waals surface area contributed by atoms with Gasteiger partial charge in [-0.15, -0.1) is 0 Å². The molecule has 9 heteroatoms. The van der Waals surface area contributed by atoms with Gasteiger partial charge in [0.1, 0.15) is 17.7 Å². The molecule has 3 aliphatic rings. The van der Waals surface area contributed by atoms with Gasteiger partial charge < -0.3 is 15.5 Å². The smallest absolute Gasteiger partial charge is 0.244 e. The van der Waals surface area contributed by atoms with Crippen LogP contribution in [0.3, 0.4) is 0 Å². The lowest BCUT2D eigenvalue weighted by Crippen LogP contribution is -2.56. The van der Waals surface area contributed by atoms with Crippen LogP contribution < -0.4 is 10.6 Å². The molecule has 0 saturated carbocycles. The number of rotatable bonds is 4. The summed E-state index contributed by atoms with van der Waals surface area (Å²) in [7, 11) is 0. The molecule has 4 unspecified atom stereocenters. The molecule has 2 amide bonds. The van der Waals surface area contributed by atoms with Crippen molar-refractivity contribution in [2.45, 2.75) is 43.9 Å². The number of hydrogen-bond donors (Lipinski definition) is 1. The second kappa shape index (κ2) is 7.35. The van der Waals surface area contributed by atoms with Crippen LogP contribution in [-0.4, -0.2) is 65.4 Å². The minimum atomic E-state index is -0.830. The first kappa shape index (κ1) is 19.7. The van der Waals surface area contributed by atoms with Crippen molar-refractivity contribution < 1.29 is 18.4 Å². The first-order valence-electron chi connectivity index (χ1n) is 9.77. The number of piperazine rings is 1. The van der Waals surface area contributed by atoms with Gasteiger partial charge in [-0.05, 0) is 30.9 Å². The Bertz CT molecular complexity index is 868. The predicted molar refractivity (Wildman–Crippen MR) is 100 cm³/mol. The van der Waals surface area contributed by atoms with Gasteiger partial charge in [-0.25, -0.2) is 8.78 Å². The molecule has 1 aromatic carbocycles. The van der Waals surface area contributed by atoms with Crippen LogP contribution in [0.4, 0.5) is 14.5 Å². The molecule has 0 spiro atoms. The highest BCUT2D eigenvalue weighted by Gasteiger charge is 2.51. The highest BCUT2D eigenvalue weighted by Crippen LogP contribution is 2.36. The summed E-state index contributed by atoms with van der Waals surface area (Å²) in [6.45, 7) is 3.19. The fourth-order valence-corrected chi connectivity index (χ4v) is 4.84. The summed E-state index contributed by atoms with van der Waals surface area (Å²) in [5.74, 6) is -1.73. The molecule has 5 atom stereocenters. The molecule has 29 heavy (non-hydrogen) atoms. The molecule has 3 aliphatic heterocycles. The number of fused-ring (bicyclic) bond motifs is 2. The summed E-state index contributed by atoms with van der Waals surface area (Å²) in [5, 5.41) is 9.27. The van der Waals surface area contributed by atoms with E-state index in [1.807, 2.05) is 11.8 Å². The Labute approximate surface area is 167 Å². The summed E-state index contributed by atoms with van der Waals surface area (Å²) < 4.78 is 27.1. The van der Waals surface area contributed by atoms with E-state index in [0.717, 1.165) is 18.2 Å². The van der Waals surface area contributed by atoms with E-state index in [1.54, 1.807) is 0 Å². The van der Waals surface area contributed by atoms with Gasteiger partial charge in [0.25, 0.3) is 0 Å². The highest BCUT2D eigenvalue weighted by molar-refractivity contribution is 6.01. The molecule has 0 radical (unpaired) electrons. The molecular weight excluding hydrogens is 380 g/mol. The first-order valence-corrected chi connectivity index (χ1v) is 9.77. The number of nitrogens with zero attached hydrogens (tertiary/aromatic N) is 4. The Kier molecular flexibility index (Phi) is 5.00. The number of anilines is 1. The second-order valence-corrected chi connectivity index (χ2v) is 8.28. The summed E-state index contributed by atoms with van der Waals surface area (Å²) in [4.78, 5) is 30.4. The van der Waals surface area contributed by atoms with E-state index in [1.165, 1.54) is 9.80 Å². The monoisotopic (exact) mass is 403 g/mol. The summed E-state index contributed by atoms with van der Waals surface area (Å²) >= 11 is 0. The fraction of sp³-hybridized carbons (Fsp3) is 0.550. The molecule has 1 aromatic rings. The zero-order valence-electron chi connectivity index (χ0n) is 16.1. The van der Waals surface area contributed by atoms with Crippen LogP contribution in [0.25, 0.3) is 0 Å². The molecule has 154 valence electrons. The molecule has 4 rings (SSSR count). The van der Waals surface area contributed by atoms with Crippen LogP contribution in [0.1, 0.15) is 19.8 Å². The van der Waals surface area contributed by atoms with Crippen molar-refractivity contribution in [2.24, 2.45) is 11.7 Å². The largest absolute Gasteiger partial charge is 0.325 e. The van der Waals surface area contributed by atoms with Crippen LogP contribution in [0.5, 0.6) is 0 Å². The number of benzene rings is 1. The quantitative estimate of drug-likeness (QED) is 0.804. The van der Waals surface area contributed by atoms with E-state index in [2.05, 4.69) is 6.07 Å². The number of carbonyl (C=O) groups is 2. The molecule has 2 bridgehead atoms. The molecule has 3 heterocycles. The van der Waals surface area contributed by atoms with Crippen molar-refractivity contribution >= 4 is 17.5 Å².